The molecule has 2 N–H and O–H groups in total. The van der Waals surface area contributed by atoms with Crippen LogP contribution in [0.25, 0.3) is 0 Å². The maximum atomic E-state index is 6.16. The molecule has 0 aliphatic carbocycles. The van der Waals surface area contributed by atoms with Gasteiger partial charge in [-0.2, -0.15) is 4.98 Å². The quantitative estimate of drug-likeness (QED) is 0.656. The molecule has 5 nitrogen and oxygen atoms in total. The summed E-state index contributed by atoms with van der Waals surface area (Å²) in [6, 6.07) is 13.5. The molecular weight excluding hydrogens is 336 g/mol. The highest BCUT2D eigenvalue weighted by Crippen LogP contribution is 2.28. The predicted molar refractivity (Wildman–Crippen MR) is 103 cm³/mol. The normalized spacial score (nSPS) is 10.4. The summed E-state index contributed by atoms with van der Waals surface area (Å²) in [5.74, 6) is 1.90. The van der Waals surface area contributed by atoms with Gasteiger partial charge in [0.05, 0.1) is 12.8 Å². The maximum absolute atomic E-state index is 6.16. The highest BCUT2D eigenvalue weighted by atomic mass is 35.5. The van der Waals surface area contributed by atoms with E-state index in [-0.39, 0.29) is 0 Å². The smallest absolute Gasteiger partial charge is 0.229 e. The van der Waals surface area contributed by atoms with Gasteiger partial charge in [0.1, 0.15) is 11.6 Å². The Morgan fingerprint density at radius 3 is 2.60 bits per heavy atom. The lowest BCUT2D eigenvalue weighted by Crippen LogP contribution is -2.01. The van der Waals surface area contributed by atoms with E-state index in [1.54, 1.807) is 19.4 Å². The second-order valence-corrected chi connectivity index (χ2v) is 6.09. The summed E-state index contributed by atoms with van der Waals surface area (Å²) >= 11 is 6.16. The van der Waals surface area contributed by atoms with E-state index < -0.39 is 0 Å². The summed E-state index contributed by atoms with van der Waals surface area (Å²) in [7, 11) is 1.64. The predicted octanol–water partition coefficient (Wildman–Crippen LogP) is 5.24. The van der Waals surface area contributed by atoms with Crippen LogP contribution in [0.1, 0.15) is 11.1 Å². The Bertz CT molecular complexity index is 898. The van der Waals surface area contributed by atoms with Crippen LogP contribution in [0.15, 0.2) is 48.7 Å². The van der Waals surface area contributed by atoms with E-state index in [1.807, 2.05) is 50.2 Å². The monoisotopic (exact) mass is 354 g/mol. The molecule has 1 aromatic heterocycles. The van der Waals surface area contributed by atoms with E-state index >= 15 is 0 Å². The molecule has 0 aliphatic heterocycles. The van der Waals surface area contributed by atoms with Gasteiger partial charge in [-0.15, -0.1) is 0 Å². The molecule has 2 aromatic carbocycles. The Labute approximate surface area is 152 Å². The second kappa shape index (κ2) is 7.40. The molecule has 3 aromatic rings. The van der Waals surface area contributed by atoms with Crippen LogP contribution in [0.5, 0.6) is 5.75 Å². The van der Waals surface area contributed by atoms with Crippen molar-refractivity contribution >= 4 is 34.7 Å². The summed E-state index contributed by atoms with van der Waals surface area (Å²) in [4.78, 5) is 8.74. The van der Waals surface area contributed by atoms with Gasteiger partial charge in [-0.3, -0.25) is 0 Å². The molecule has 0 aliphatic rings. The minimum Gasteiger partial charge on any atom is -0.495 e. The summed E-state index contributed by atoms with van der Waals surface area (Å²) < 4.78 is 5.39. The summed E-state index contributed by atoms with van der Waals surface area (Å²) in [5, 5.41) is 7.13. The van der Waals surface area contributed by atoms with Gasteiger partial charge in [0.25, 0.3) is 0 Å². The van der Waals surface area contributed by atoms with Gasteiger partial charge in [0.15, 0.2) is 0 Å². The Kier molecular flexibility index (Phi) is 5.05. The zero-order valence-corrected chi connectivity index (χ0v) is 15.1. The van der Waals surface area contributed by atoms with Crippen LogP contribution < -0.4 is 15.4 Å². The number of hydrogen-bond donors (Lipinski definition) is 2. The minimum atomic E-state index is 0.483. The highest BCUT2D eigenvalue weighted by molar-refractivity contribution is 6.31. The molecule has 0 saturated heterocycles. The number of halogens is 1. The lowest BCUT2D eigenvalue weighted by Gasteiger charge is -2.12. The van der Waals surface area contributed by atoms with Crippen LogP contribution in [0.4, 0.5) is 23.1 Å². The van der Waals surface area contributed by atoms with Crippen LogP contribution in [0.2, 0.25) is 5.02 Å². The van der Waals surface area contributed by atoms with Gasteiger partial charge in [-0.05, 0) is 55.3 Å². The van der Waals surface area contributed by atoms with Crippen LogP contribution in [0.3, 0.4) is 0 Å². The first-order valence-electron chi connectivity index (χ1n) is 7.83. The number of benzene rings is 2. The zero-order valence-electron chi connectivity index (χ0n) is 14.3. The molecule has 128 valence electrons. The van der Waals surface area contributed by atoms with Gasteiger partial charge < -0.3 is 15.4 Å². The number of aromatic nitrogens is 2. The number of nitrogens with one attached hydrogen (secondary N) is 2. The third-order valence-corrected chi connectivity index (χ3v) is 4.11. The van der Waals surface area contributed by atoms with Gasteiger partial charge in [-0.1, -0.05) is 23.7 Å². The average Bonchev–Trinajstić information content (AvgIpc) is 2.59. The number of aryl methyl sites for hydroxylation is 2. The van der Waals surface area contributed by atoms with Crippen molar-refractivity contribution in [2.24, 2.45) is 0 Å². The third-order valence-electron chi connectivity index (χ3n) is 3.70. The van der Waals surface area contributed by atoms with E-state index in [1.165, 1.54) is 0 Å². The Morgan fingerprint density at radius 1 is 1.00 bits per heavy atom. The van der Waals surface area contributed by atoms with Crippen LogP contribution in [0, 0.1) is 13.8 Å². The van der Waals surface area contributed by atoms with Crippen LogP contribution in [-0.4, -0.2) is 17.1 Å². The second-order valence-electron chi connectivity index (χ2n) is 5.68. The number of methoxy groups -OCH3 is 1. The number of nitrogens with zero attached hydrogens (tertiary/aromatic N) is 2. The van der Waals surface area contributed by atoms with Crippen molar-refractivity contribution in [2.75, 3.05) is 17.7 Å². The van der Waals surface area contributed by atoms with E-state index in [0.717, 1.165) is 28.3 Å². The van der Waals surface area contributed by atoms with Crippen molar-refractivity contribution in [2.45, 2.75) is 13.8 Å². The maximum Gasteiger partial charge on any atom is 0.229 e. The number of ether oxygens (including phenoxy) is 1. The SMILES string of the molecule is COc1ccc(C)cc1Nc1ccnc(Nc2ccc(C)c(Cl)c2)n1. The first-order valence-corrected chi connectivity index (χ1v) is 8.21. The molecule has 25 heavy (non-hydrogen) atoms. The largest absolute Gasteiger partial charge is 0.495 e. The van der Waals surface area contributed by atoms with Crippen molar-refractivity contribution in [1.29, 1.82) is 0 Å². The van der Waals surface area contributed by atoms with E-state index in [4.69, 9.17) is 16.3 Å². The van der Waals surface area contributed by atoms with Crippen LogP contribution in [-0.2, 0) is 0 Å². The molecule has 6 heteroatoms. The molecule has 3 rings (SSSR count). The Balaban J connectivity index is 1.82. The molecule has 0 amide bonds. The lowest BCUT2D eigenvalue weighted by atomic mass is 10.2. The van der Waals surface area contributed by atoms with Gasteiger partial charge in [0, 0.05) is 16.9 Å². The molecule has 0 radical (unpaired) electrons. The van der Waals surface area contributed by atoms with Gasteiger partial charge >= 0.3 is 0 Å². The average molecular weight is 355 g/mol. The van der Waals surface area contributed by atoms with Gasteiger partial charge in [-0.25, -0.2) is 4.98 Å². The van der Waals surface area contributed by atoms with Crippen LogP contribution >= 0.6 is 11.6 Å². The summed E-state index contributed by atoms with van der Waals surface area (Å²) in [6.45, 7) is 3.99. The van der Waals surface area contributed by atoms with Crippen molar-refractivity contribution in [3.05, 3.63) is 64.8 Å². The lowest BCUT2D eigenvalue weighted by molar-refractivity contribution is 0.416. The van der Waals surface area contributed by atoms with Crippen molar-refractivity contribution in [3.8, 4) is 5.75 Å². The molecule has 0 atom stereocenters. The topological polar surface area (TPSA) is 59.1 Å². The fourth-order valence-electron chi connectivity index (χ4n) is 2.35. The first kappa shape index (κ1) is 17.0. The highest BCUT2D eigenvalue weighted by Gasteiger charge is 2.06. The fraction of sp³-hybridized carbons (Fsp3) is 0.158. The molecular formula is C19H19ClN4O. The van der Waals surface area contributed by atoms with Crippen molar-refractivity contribution in [3.63, 3.8) is 0 Å². The Morgan fingerprint density at radius 2 is 1.84 bits per heavy atom. The number of anilines is 4. The molecule has 0 bridgehead atoms. The Hall–Kier alpha value is -2.79. The number of rotatable bonds is 5. The molecule has 0 saturated carbocycles. The molecule has 1 heterocycles. The fourth-order valence-corrected chi connectivity index (χ4v) is 2.53. The van der Waals surface area contributed by atoms with Gasteiger partial charge in [0.2, 0.25) is 5.95 Å². The van der Waals surface area contributed by atoms with E-state index in [0.29, 0.717) is 16.8 Å². The van der Waals surface area contributed by atoms with E-state index in [9.17, 15) is 0 Å². The van der Waals surface area contributed by atoms with E-state index in [2.05, 4.69) is 20.6 Å². The molecule has 0 unspecified atom stereocenters. The zero-order chi connectivity index (χ0) is 17.8. The van der Waals surface area contributed by atoms with Crippen molar-refractivity contribution < 1.29 is 4.74 Å². The summed E-state index contributed by atoms with van der Waals surface area (Å²) in [5.41, 5.74) is 3.84. The third kappa shape index (κ3) is 4.19. The number of hydrogen-bond acceptors (Lipinski definition) is 5. The molecule has 0 fully saturated rings. The first-order chi connectivity index (χ1) is 12.0. The summed E-state index contributed by atoms with van der Waals surface area (Å²) in [6.07, 6.45) is 1.69. The minimum absolute atomic E-state index is 0.483. The molecule has 0 spiro atoms. The van der Waals surface area contributed by atoms with Crippen molar-refractivity contribution in [1.82, 2.24) is 9.97 Å². The standard InChI is InChI=1S/C19H19ClN4O/c1-12-4-7-17(25-3)16(10-12)23-18-8-9-21-19(24-18)22-14-6-5-13(2)15(20)11-14/h4-11H,1-3H3,(H2,21,22,23,24).